The Bertz CT molecular complexity index is 865. The maximum atomic E-state index is 13.2. The molecule has 0 spiro atoms. The number of carbonyl (C=O) groups is 1. The van der Waals surface area contributed by atoms with Gasteiger partial charge in [-0.3, -0.25) is 4.79 Å². The second kappa shape index (κ2) is 5.98. The number of fused-ring (bicyclic) bond motifs is 4. The minimum atomic E-state index is 0.00478. The van der Waals surface area contributed by atoms with Crippen LogP contribution in [0.1, 0.15) is 34.1 Å². The average molecular weight is 356 g/mol. The molecule has 0 aliphatic carbocycles. The Balaban J connectivity index is 1.42. The van der Waals surface area contributed by atoms with Gasteiger partial charge in [0.05, 0.1) is 30.6 Å². The summed E-state index contributed by atoms with van der Waals surface area (Å²) in [6, 6.07) is 3.70. The summed E-state index contributed by atoms with van der Waals surface area (Å²) in [7, 11) is 0. The number of aromatic nitrogens is 3. The van der Waals surface area contributed by atoms with E-state index in [9.17, 15) is 4.79 Å². The smallest absolute Gasteiger partial charge is 0.254 e. The van der Waals surface area contributed by atoms with Crippen molar-refractivity contribution in [1.82, 2.24) is 19.9 Å². The first kappa shape index (κ1) is 15.6. The third-order valence-corrected chi connectivity index (χ3v) is 5.34. The average Bonchev–Trinajstić information content (AvgIpc) is 3.16. The maximum absolute atomic E-state index is 13.2. The van der Waals surface area contributed by atoms with Crippen LogP contribution in [0.4, 0.5) is 0 Å². The van der Waals surface area contributed by atoms with E-state index < -0.39 is 0 Å². The Labute approximate surface area is 150 Å². The maximum Gasteiger partial charge on any atom is 0.254 e. The lowest BCUT2D eigenvalue weighted by molar-refractivity contribution is -0.0605. The molecular formula is C18H20N4O4. The number of carbonyl (C=O) groups excluding carboxylic acids is 1. The normalized spacial score (nSPS) is 24.0. The number of nitrogens with zero attached hydrogens (tertiary/aromatic N) is 4. The van der Waals surface area contributed by atoms with E-state index in [0.717, 1.165) is 17.7 Å². The van der Waals surface area contributed by atoms with E-state index in [2.05, 4.69) is 10.3 Å². The van der Waals surface area contributed by atoms with E-state index in [1.54, 1.807) is 12.3 Å². The molecule has 8 nitrogen and oxygen atoms in total. The zero-order valence-electron chi connectivity index (χ0n) is 14.6. The molecule has 5 rings (SSSR count). The highest BCUT2D eigenvalue weighted by atomic mass is 16.6. The van der Waals surface area contributed by atoms with Crippen molar-refractivity contribution in [2.45, 2.75) is 32.1 Å². The van der Waals surface area contributed by atoms with Gasteiger partial charge in [0.1, 0.15) is 13.2 Å². The number of hydrogen-bond acceptors (Lipinski definition) is 6. The van der Waals surface area contributed by atoms with Crippen LogP contribution in [0.2, 0.25) is 0 Å². The minimum absolute atomic E-state index is 0.00478. The van der Waals surface area contributed by atoms with Gasteiger partial charge >= 0.3 is 0 Å². The molecule has 4 heterocycles. The number of ether oxygens (including phenoxy) is 3. The largest absolute Gasteiger partial charge is 0.486 e. The van der Waals surface area contributed by atoms with Crippen LogP contribution >= 0.6 is 0 Å². The van der Waals surface area contributed by atoms with Crippen molar-refractivity contribution in [2.75, 3.05) is 26.3 Å². The number of aryl methyl sites for hydroxylation is 1. The van der Waals surface area contributed by atoms with Crippen LogP contribution in [0.25, 0.3) is 0 Å². The molecule has 26 heavy (non-hydrogen) atoms. The third kappa shape index (κ3) is 2.44. The molecule has 0 bridgehead atoms. The van der Waals surface area contributed by atoms with Gasteiger partial charge in [0.2, 0.25) is 0 Å². The summed E-state index contributed by atoms with van der Waals surface area (Å²) in [6.45, 7) is 4.73. The Morgan fingerprint density at radius 1 is 1.23 bits per heavy atom. The van der Waals surface area contributed by atoms with Crippen LogP contribution in [0.15, 0.2) is 18.3 Å². The lowest BCUT2D eigenvalue weighted by atomic mass is 9.98. The van der Waals surface area contributed by atoms with Gasteiger partial charge in [0.25, 0.3) is 5.91 Å². The number of amides is 1. The van der Waals surface area contributed by atoms with E-state index in [-0.39, 0.29) is 18.1 Å². The van der Waals surface area contributed by atoms with Gasteiger partial charge in [0, 0.05) is 18.7 Å². The topological polar surface area (TPSA) is 78.7 Å². The van der Waals surface area contributed by atoms with Crippen LogP contribution in [0.3, 0.4) is 0 Å². The second-order valence-electron chi connectivity index (χ2n) is 6.94. The summed E-state index contributed by atoms with van der Waals surface area (Å²) < 4.78 is 19.1. The van der Waals surface area contributed by atoms with Gasteiger partial charge in [-0.05, 0) is 31.0 Å². The molecule has 1 aromatic carbocycles. The fraction of sp³-hybridized carbons (Fsp3) is 0.500. The fourth-order valence-corrected chi connectivity index (χ4v) is 3.95. The quantitative estimate of drug-likeness (QED) is 0.767. The first-order chi connectivity index (χ1) is 12.7. The number of piperidine rings is 1. The molecule has 1 saturated heterocycles. The first-order valence-corrected chi connectivity index (χ1v) is 8.91. The third-order valence-electron chi connectivity index (χ3n) is 5.34. The van der Waals surface area contributed by atoms with E-state index in [1.165, 1.54) is 0 Å². The molecule has 3 aliphatic rings. The molecule has 1 amide bonds. The predicted molar refractivity (Wildman–Crippen MR) is 90.3 cm³/mol. The van der Waals surface area contributed by atoms with Crippen molar-refractivity contribution < 1.29 is 19.0 Å². The molecule has 0 saturated carbocycles. The zero-order chi connectivity index (χ0) is 17.7. The Morgan fingerprint density at radius 3 is 2.88 bits per heavy atom. The molecule has 3 aliphatic heterocycles. The lowest BCUT2D eigenvalue weighted by Gasteiger charge is -2.41. The summed E-state index contributed by atoms with van der Waals surface area (Å²) in [6.07, 6.45) is 2.59. The molecule has 2 unspecified atom stereocenters. The van der Waals surface area contributed by atoms with Crippen molar-refractivity contribution in [3.8, 4) is 11.5 Å². The number of benzene rings is 1. The second-order valence-corrected chi connectivity index (χ2v) is 6.94. The summed E-state index contributed by atoms with van der Waals surface area (Å²) in [4.78, 5) is 15.0. The lowest BCUT2D eigenvalue weighted by Crippen LogP contribution is -2.50. The van der Waals surface area contributed by atoms with Crippen molar-refractivity contribution in [3.05, 3.63) is 35.2 Å². The molecule has 1 fully saturated rings. The van der Waals surface area contributed by atoms with Crippen molar-refractivity contribution >= 4 is 5.91 Å². The van der Waals surface area contributed by atoms with Crippen LogP contribution in [-0.4, -0.2) is 58.2 Å². The van der Waals surface area contributed by atoms with E-state index in [0.29, 0.717) is 50.0 Å². The molecule has 2 aromatic rings. The summed E-state index contributed by atoms with van der Waals surface area (Å²) in [5, 5.41) is 8.18. The molecule has 136 valence electrons. The predicted octanol–water partition coefficient (Wildman–Crippen LogP) is 1.34. The Kier molecular flexibility index (Phi) is 3.59. The molecule has 0 radical (unpaired) electrons. The SMILES string of the molecule is Cc1cc2c(cc1C(=O)N1CCC3OCc4cnnn4C3C1)OCCO2. The highest BCUT2D eigenvalue weighted by Crippen LogP contribution is 2.35. The van der Waals surface area contributed by atoms with E-state index in [4.69, 9.17) is 14.2 Å². The number of likely N-dealkylation sites (tertiary alicyclic amines) is 1. The summed E-state index contributed by atoms with van der Waals surface area (Å²) >= 11 is 0. The highest BCUT2D eigenvalue weighted by molar-refractivity contribution is 5.96. The summed E-state index contributed by atoms with van der Waals surface area (Å²) in [5.74, 6) is 1.35. The highest BCUT2D eigenvalue weighted by Gasteiger charge is 2.38. The van der Waals surface area contributed by atoms with Crippen molar-refractivity contribution in [2.24, 2.45) is 0 Å². The number of hydrogen-bond donors (Lipinski definition) is 0. The minimum Gasteiger partial charge on any atom is -0.486 e. The Morgan fingerprint density at radius 2 is 2.04 bits per heavy atom. The molecule has 1 aromatic heterocycles. The fourth-order valence-electron chi connectivity index (χ4n) is 3.95. The van der Waals surface area contributed by atoms with Gasteiger partial charge in [-0.15, -0.1) is 5.10 Å². The van der Waals surface area contributed by atoms with Crippen LogP contribution in [0, 0.1) is 6.92 Å². The molecule has 2 atom stereocenters. The van der Waals surface area contributed by atoms with Gasteiger partial charge in [0.15, 0.2) is 11.5 Å². The molecule has 8 heteroatoms. The standard InChI is InChI=1S/C18H20N4O4/c1-11-6-16-17(25-5-4-24-16)7-13(11)18(23)21-3-2-15-14(9-21)22-12(10-26-15)8-19-20-22/h6-8,14-15H,2-5,9-10H2,1H3. The van der Waals surface area contributed by atoms with Crippen LogP contribution in [0.5, 0.6) is 11.5 Å². The van der Waals surface area contributed by atoms with Gasteiger partial charge in [-0.25, -0.2) is 4.68 Å². The van der Waals surface area contributed by atoms with Crippen LogP contribution in [-0.2, 0) is 11.3 Å². The van der Waals surface area contributed by atoms with E-state index in [1.807, 2.05) is 22.6 Å². The van der Waals surface area contributed by atoms with Crippen molar-refractivity contribution in [1.29, 1.82) is 0 Å². The Hall–Kier alpha value is -2.61. The van der Waals surface area contributed by atoms with Gasteiger partial charge in [-0.2, -0.15) is 0 Å². The van der Waals surface area contributed by atoms with Crippen LogP contribution < -0.4 is 9.47 Å². The zero-order valence-corrected chi connectivity index (χ0v) is 14.6. The molecule has 0 N–H and O–H groups in total. The molecular weight excluding hydrogens is 336 g/mol. The van der Waals surface area contributed by atoms with Gasteiger partial charge in [-0.1, -0.05) is 5.21 Å². The monoisotopic (exact) mass is 356 g/mol. The number of rotatable bonds is 1. The van der Waals surface area contributed by atoms with Crippen molar-refractivity contribution in [3.63, 3.8) is 0 Å². The van der Waals surface area contributed by atoms with E-state index >= 15 is 0 Å². The summed E-state index contributed by atoms with van der Waals surface area (Å²) in [5.41, 5.74) is 2.50. The first-order valence-electron chi connectivity index (χ1n) is 8.91. The van der Waals surface area contributed by atoms with Gasteiger partial charge < -0.3 is 19.1 Å².